The highest BCUT2D eigenvalue weighted by molar-refractivity contribution is 5.82. The zero-order chi connectivity index (χ0) is 20.1. The van der Waals surface area contributed by atoms with Crippen molar-refractivity contribution in [3.8, 4) is 0 Å². The minimum atomic E-state index is -1.12. The quantitative estimate of drug-likeness (QED) is 0.745. The van der Waals surface area contributed by atoms with Gasteiger partial charge in [-0.3, -0.25) is 9.59 Å². The first kappa shape index (κ1) is 18.2. The standard InChI is InChI=1S/C22H28O6/c1-11(23)27-16-5-7-20(2,3)22(25)10-15-18-13(21(16,22)4)9-14-12(6-8-26-14)17(18)19(24)28-15/h6,8,13,15-18,25H,5,7,9-10H2,1-4H3/t13-,15-,16-,17+,18+,21-,22+/m0/s1. The van der Waals surface area contributed by atoms with Crippen LogP contribution in [0.3, 0.4) is 0 Å². The van der Waals surface area contributed by atoms with E-state index < -0.39 is 22.5 Å². The number of furan rings is 1. The molecule has 7 atom stereocenters. The van der Waals surface area contributed by atoms with Gasteiger partial charge in [0.15, 0.2) is 0 Å². The fourth-order valence-corrected chi connectivity index (χ4v) is 7.13. The van der Waals surface area contributed by atoms with Crippen LogP contribution in [-0.4, -0.2) is 34.9 Å². The molecule has 0 aromatic carbocycles. The van der Waals surface area contributed by atoms with Gasteiger partial charge >= 0.3 is 11.9 Å². The number of ether oxygens (including phenoxy) is 2. The molecule has 28 heavy (non-hydrogen) atoms. The summed E-state index contributed by atoms with van der Waals surface area (Å²) < 4.78 is 17.4. The third-order valence-corrected chi connectivity index (χ3v) is 8.61. The van der Waals surface area contributed by atoms with Crippen LogP contribution >= 0.6 is 0 Å². The number of esters is 2. The molecular weight excluding hydrogens is 360 g/mol. The molecule has 2 saturated carbocycles. The summed E-state index contributed by atoms with van der Waals surface area (Å²) in [7, 11) is 0. The van der Waals surface area contributed by atoms with E-state index in [1.54, 1.807) is 6.26 Å². The van der Waals surface area contributed by atoms with Gasteiger partial charge in [0.05, 0.1) is 17.8 Å². The third-order valence-electron chi connectivity index (χ3n) is 8.61. The Morgan fingerprint density at radius 3 is 2.79 bits per heavy atom. The molecule has 4 aliphatic rings. The van der Waals surface area contributed by atoms with Crippen LogP contribution in [0.15, 0.2) is 16.7 Å². The Morgan fingerprint density at radius 1 is 1.32 bits per heavy atom. The van der Waals surface area contributed by atoms with Crippen LogP contribution < -0.4 is 0 Å². The lowest BCUT2D eigenvalue weighted by molar-refractivity contribution is -0.289. The van der Waals surface area contributed by atoms with Crippen molar-refractivity contribution in [3.63, 3.8) is 0 Å². The van der Waals surface area contributed by atoms with E-state index in [1.807, 2.05) is 6.07 Å². The molecule has 0 spiro atoms. The van der Waals surface area contributed by atoms with Crippen LogP contribution in [0.5, 0.6) is 0 Å². The first-order chi connectivity index (χ1) is 13.1. The third kappa shape index (κ3) is 1.97. The average Bonchev–Trinajstić information content (AvgIpc) is 3.19. The fraction of sp³-hybridized carbons (Fsp3) is 0.727. The van der Waals surface area contributed by atoms with Gasteiger partial charge in [-0.1, -0.05) is 20.8 Å². The van der Waals surface area contributed by atoms with E-state index in [-0.39, 0.29) is 35.8 Å². The molecule has 0 radical (unpaired) electrons. The van der Waals surface area contributed by atoms with Gasteiger partial charge in [-0.25, -0.2) is 0 Å². The van der Waals surface area contributed by atoms with E-state index in [2.05, 4.69) is 20.8 Å². The van der Waals surface area contributed by atoms with Crippen LogP contribution in [0.2, 0.25) is 0 Å². The van der Waals surface area contributed by atoms with Crippen molar-refractivity contribution >= 4 is 11.9 Å². The molecule has 1 aromatic heterocycles. The molecule has 0 unspecified atom stereocenters. The Morgan fingerprint density at radius 2 is 2.07 bits per heavy atom. The Labute approximate surface area is 164 Å². The maximum atomic E-state index is 12.8. The maximum absolute atomic E-state index is 12.8. The summed E-state index contributed by atoms with van der Waals surface area (Å²) in [5, 5.41) is 12.2. The Balaban J connectivity index is 1.70. The van der Waals surface area contributed by atoms with E-state index in [9.17, 15) is 14.7 Å². The maximum Gasteiger partial charge on any atom is 0.314 e. The highest BCUT2D eigenvalue weighted by Gasteiger charge is 2.74. The first-order valence-electron chi connectivity index (χ1n) is 10.3. The molecule has 152 valence electrons. The largest absolute Gasteiger partial charge is 0.469 e. The van der Waals surface area contributed by atoms with Gasteiger partial charge in [-0.15, -0.1) is 0 Å². The monoisotopic (exact) mass is 388 g/mol. The summed E-state index contributed by atoms with van der Waals surface area (Å²) in [6, 6.07) is 1.87. The number of aliphatic hydroxyl groups is 1. The molecular formula is C22H28O6. The number of fused-ring (bicyclic) bond motifs is 4. The van der Waals surface area contributed by atoms with Crippen molar-refractivity contribution in [1.29, 1.82) is 0 Å². The number of hydrogen-bond acceptors (Lipinski definition) is 6. The van der Waals surface area contributed by atoms with Crippen LogP contribution in [0.1, 0.15) is 64.2 Å². The number of hydrogen-bond donors (Lipinski definition) is 1. The van der Waals surface area contributed by atoms with E-state index >= 15 is 0 Å². The normalized spacial score (nSPS) is 45.5. The summed E-state index contributed by atoms with van der Waals surface area (Å²) in [5.41, 5.74) is -1.29. The van der Waals surface area contributed by atoms with Crippen molar-refractivity contribution in [2.75, 3.05) is 0 Å². The van der Waals surface area contributed by atoms with E-state index in [0.717, 1.165) is 17.7 Å². The lowest BCUT2D eigenvalue weighted by atomic mass is 9.40. The van der Waals surface area contributed by atoms with Gasteiger partial charge in [0, 0.05) is 36.7 Å². The van der Waals surface area contributed by atoms with Gasteiger partial charge in [0.2, 0.25) is 0 Å². The molecule has 3 fully saturated rings. The molecule has 1 aliphatic heterocycles. The van der Waals surface area contributed by atoms with Crippen molar-refractivity contribution in [3.05, 3.63) is 23.7 Å². The predicted molar refractivity (Wildman–Crippen MR) is 98.3 cm³/mol. The average molecular weight is 388 g/mol. The Bertz CT molecular complexity index is 855. The van der Waals surface area contributed by atoms with E-state index in [1.165, 1.54) is 6.92 Å². The minimum Gasteiger partial charge on any atom is -0.469 e. The topological polar surface area (TPSA) is 86.0 Å². The second-order valence-electron chi connectivity index (χ2n) is 10.0. The summed E-state index contributed by atoms with van der Waals surface area (Å²) in [6.45, 7) is 7.62. The van der Waals surface area contributed by atoms with Gasteiger partial charge in [0.25, 0.3) is 0 Å². The molecule has 1 aromatic rings. The Kier molecular flexibility index (Phi) is 3.52. The molecule has 6 heteroatoms. The summed E-state index contributed by atoms with van der Waals surface area (Å²) >= 11 is 0. The molecule has 3 aliphatic carbocycles. The summed E-state index contributed by atoms with van der Waals surface area (Å²) in [6.07, 6.45) is 3.34. The summed E-state index contributed by atoms with van der Waals surface area (Å²) in [4.78, 5) is 24.7. The highest BCUT2D eigenvalue weighted by Crippen LogP contribution is 2.69. The molecule has 5 rings (SSSR count). The molecule has 0 amide bonds. The van der Waals surface area contributed by atoms with Gasteiger partial charge in [-0.05, 0) is 30.2 Å². The zero-order valence-corrected chi connectivity index (χ0v) is 16.9. The molecule has 1 saturated heterocycles. The van der Waals surface area contributed by atoms with Gasteiger partial charge in [-0.2, -0.15) is 0 Å². The van der Waals surface area contributed by atoms with Gasteiger partial charge in [0.1, 0.15) is 18.0 Å². The minimum absolute atomic E-state index is 0.0326. The van der Waals surface area contributed by atoms with Crippen LogP contribution in [0, 0.1) is 22.7 Å². The number of rotatable bonds is 1. The highest BCUT2D eigenvalue weighted by atomic mass is 16.6. The SMILES string of the molecule is CC(=O)O[C@H]1CCC(C)(C)[C@]2(O)C[C@@H]3OC(=O)[C@@H]4c5ccoc5C[C@@H]([C@H]34)[C@@]12C. The van der Waals surface area contributed by atoms with E-state index in [0.29, 0.717) is 19.3 Å². The van der Waals surface area contributed by atoms with Crippen molar-refractivity contribution in [2.45, 2.75) is 77.1 Å². The predicted octanol–water partition coefficient (Wildman–Crippen LogP) is 2.97. The molecule has 2 heterocycles. The van der Waals surface area contributed by atoms with Gasteiger partial charge < -0.3 is 19.0 Å². The van der Waals surface area contributed by atoms with Crippen molar-refractivity contribution < 1.29 is 28.6 Å². The number of carbonyl (C=O) groups is 2. The smallest absolute Gasteiger partial charge is 0.314 e. The van der Waals surface area contributed by atoms with Crippen molar-refractivity contribution in [1.82, 2.24) is 0 Å². The lowest BCUT2D eigenvalue weighted by Crippen LogP contribution is -2.73. The molecule has 0 bridgehead atoms. The van der Waals surface area contributed by atoms with Crippen molar-refractivity contribution in [2.24, 2.45) is 22.7 Å². The number of carbonyl (C=O) groups excluding carboxylic acids is 2. The first-order valence-corrected chi connectivity index (χ1v) is 10.3. The van der Waals surface area contributed by atoms with Crippen LogP contribution in [0.25, 0.3) is 0 Å². The molecule has 6 nitrogen and oxygen atoms in total. The lowest BCUT2D eigenvalue weighted by Gasteiger charge is -2.67. The van der Waals surface area contributed by atoms with Crippen LogP contribution in [0.4, 0.5) is 0 Å². The van der Waals surface area contributed by atoms with Crippen LogP contribution in [-0.2, 0) is 25.5 Å². The zero-order valence-electron chi connectivity index (χ0n) is 16.9. The molecule has 1 N–H and O–H groups in total. The summed E-state index contributed by atoms with van der Waals surface area (Å²) in [5.74, 6) is -0.235. The fourth-order valence-electron chi connectivity index (χ4n) is 7.13. The van der Waals surface area contributed by atoms with E-state index in [4.69, 9.17) is 13.9 Å². The second kappa shape index (κ2) is 5.41. The Hall–Kier alpha value is -1.82. The second-order valence-corrected chi connectivity index (χ2v) is 10.0.